The van der Waals surface area contributed by atoms with Crippen LogP contribution in [0.1, 0.15) is 51.9 Å². The molecule has 1 atom stereocenters. The van der Waals surface area contributed by atoms with Crippen LogP contribution in [0.2, 0.25) is 0 Å². The van der Waals surface area contributed by atoms with Gasteiger partial charge in [-0.15, -0.1) is 0 Å². The fourth-order valence-electron chi connectivity index (χ4n) is 2.29. The first-order valence-electron chi connectivity index (χ1n) is 6.27. The molecule has 1 fully saturated rings. The summed E-state index contributed by atoms with van der Waals surface area (Å²) in [6.45, 7) is 3.31. The zero-order valence-electron chi connectivity index (χ0n) is 9.84. The lowest BCUT2D eigenvalue weighted by molar-refractivity contribution is 0.00252. The number of aliphatic hydroxyl groups is 2. The average Bonchev–Trinajstić information content (AvgIpc) is 2.19. The van der Waals surface area contributed by atoms with Gasteiger partial charge in [0.05, 0.1) is 11.7 Å². The fourth-order valence-corrected chi connectivity index (χ4v) is 2.29. The maximum atomic E-state index is 10.2. The van der Waals surface area contributed by atoms with Gasteiger partial charge in [0, 0.05) is 13.1 Å². The highest BCUT2D eigenvalue weighted by Gasteiger charge is 2.28. The molecule has 1 aliphatic rings. The molecule has 15 heavy (non-hydrogen) atoms. The Kier molecular flexibility index (Phi) is 5.58. The Morgan fingerprint density at radius 2 is 1.93 bits per heavy atom. The lowest BCUT2D eigenvalue weighted by Crippen LogP contribution is -2.44. The van der Waals surface area contributed by atoms with E-state index in [-0.39, 0.29) is 6.10 Å². The number of hydrogen-bond donors (Lipinski definition) is 3. The summed E-state index contributed by atoms with van der Waals surface area (Å²) in [5.74, 6) is 0. The summed E-state index contributed by atoms with van der Waals surface area (Å²) in [5.41, 5.74) is -0.510. The van der Waals surface area contributed by atoms with Crippen LogP contribution in [0.3, 0.4) is 0 Å². The van der Waals surface area contributed by atoms with Crippen molar-refractivity contribution in [2.45, 2.75) is 63.6 Å². The van der Waals surface area contributed by atoms with Gasteiger partial charge in [-0.3, -0.25) is 0 Å². The molecule has 3 heteroatoms. The molecule has 1 unspecified atom stereocenters. The van der Waals surface area contributed by atoms with E-state index in [0.717, 1.165) is 38.5 Å². The molecule has 0 aromatic carbocycles. The van der Waals surface area contributed by atoms with Crippen LogP contribution in [0, 0.1) is 0 Å². The van der Waals surface area contributed by atoms with Gasteiger partial charge >= 0.3 is 0 Å². The Morgan fingerprint density at radius 3 is 2.53 bits per heavy atom. The third-order valence-corrected chi connectivity index (χ3v) is 3.24. The maximum absolute atomic E-state index is 10.2. The van der Waals surface area contributed by atoms with Gasteiger partial charge in [0.2, 0.25) is 0 Å². The molecule has 0 amide bonds. The Morgan fingerprint density at radius 1 is 1.27 bits per heavy atom. The fraction of sp³-hybridized carbons (Fsp3) is 1.00. The highest BCUT2D eigenvalue weighted by atomic mass is 16.3. The number of hydrogen-bond acceptors (Lipinski definition) is 3. The molecule has 3 nitrogen and oxygen atoms in total. The predicted molar refractivity (Wildman–Crippen MR) is 61.8 cm³/mol. The van der Waals surface area contributed by atoms with Crippen LogP contribution in [-0.4, -0.2) is 35.0 Å². The van der Waals surface area contributed by atoms with Crippen molar-refractivity contribution in [2.75, 3.05) is 13.1 Å². The van der Waals surface area contributed by atoms with Crippen molar-refractivity contribution < 1.29 is 10.2 Å². The van der Waals surface area contributed by atoms with E-state index in [9.17, 15) is 10.2 Å². The Labute approximate surface area is 92.9 Å². The lowest BCUT2D eigenvalue weighted by Gasteiger charge is -2.32. The van der Waals surface area contributed by atoms with E-state index in [2.05, 4.69) is 12.2 Å². The van der Waals surface area contributed by atoms with Crippen LogP contribution < -0.4 is 5.32 Å². The van der Waals surface area contributed by atoms with E-state index in [0.29, 0.717) is 13.1 Å². The summed E-state index contributed by atoms with van der Waals surface area (Å²) < 4.78 is 0. The first kappa shape index (κ1) is 12.9. The lowest BCUT2D eigenvalue weighted by atomic mass is 9.85. The van der Waals surface area contributed by atoms with Gasteiger partial charge in [-0.05, 0) is 19.3 Å². The Balaban J connectivity index is 2.12. The molecular formula is C12H25NO2. The zero-order valence-corrected chi connectivity index (χ0v) is 9.84. The van der Waals surface area contributed by atoms with Crippen LogP contribution in [0.5, 0.6) is 0 Å². The summed E-state index contributed by atoms with van der Waals surface area (Å²) in [6.07, 6.45) is 6.92. The van der Waals surface area contributed by atoms with Gasteiger partial charge in [0.15, 0.2) is 0 Å². The summed E-state index contributed by atoms with van der Waals surface area (Å²) in [7, 11) is 0. The average molecular weight is 215 g/mol. The molecule has 3 N–H and O–H groups in total. The molecule has 0 radical (unpaired) electrons. The molecule has 0 heterocycles. The molecule has 0 bridgehead atoms. The quantitative estimate of drug-likeness (QED) is 0.628. The second-order valence-electron chi connectivity index (χ2n) is 4.86. The van der Waals surface area contributed by atoms with E-state index in [4.69, 9.17) is 0 Å². The smallest absolute Gasteiger partial charge is 0.0771 e. The van der Waals surface area contributed by atoms with Gasteiger partial charge < -0.3 is 15.5 Å². The molecule has 1 saturated carbocycles. The van der Waals surface area contributed by atoms with Crippen molar-refractivity contribution in [3.63, 3.8) is 0 Å². The Hall–Kier alpha value is -0.120. The largest absolute Gasteiger partial charge is 0.392 e. The zero-order chi connectivity index (χ0) is 11.1. The second kappa shape index (κ2) is 6.46. The van der Waals surface area contributed by atoms with E-state index in [1.165, 1.54) is 6.42 Å². The minimum absolute atomic E-state index is 0.262. The van der Waals surface area contributed by atoms with Crippen molar-refractivity contribution in [3.05, 3.63) is 0 Å². The first-order valence-corrected chi connectivity index (χ1v) is 6.27. The van der Waals surface area contributed by atoms with Crippen molar-refractivity contribution in [3.8, 4) is 0 Å². The summed E-state index contributed by atoms with van der Waals surface area (Å²) in [4.78, 5) is 0. The highest BCUT2D eigenvalue weighted by Crippen LogP contribution is 2.27. The van der Waals surface area contributed by atoms with Crippen molar-refractivity contribution in [2.24, 2.45) is 0 Å². The number of rotatable bonds is 6. The van der Waals surface area contributed by atoms with Crippen molar-refractivity contribution in [1.82, 2.24) is 5.32 Å². The van der Waals surface area contributed by atoms with Gasteiger partial charge in [-0.2, -0.15) is 0 Å². The molecule has 0 aromatic rings. The van der Waals surface area contributed by atoms with Crippen LogP contribution >= 0.6 is 0 Å². The van der Waals surface area contributed by atoms with Crippen LogP contribution in [0.25, 0.3) is 0 Å². The predicted octanol–water partition coefficient (Wildman–Crippen LogP) is 1.43. The molecule has 1 rings (SSSR count). The molecule has 90 valence electrons. The third kappa shape index (κ3) is 4.96. The number of aliphatic hydroxyl groups excluding tert-OH is 1. The maximum Gasteiger partial charge on any atom is 0.0771 e. The van der Waals surface area contributed by atoms with E-state index in [1.807, 2.05) is 0 Å². The minimum Gasteiger partial charge on any atom is -0.392 e. The SMILES string of the molecule is CCCC(O)CNCC1(O)CCCCC1. The molecule has 0 saturated heterocycles. The van der Waals surface area contributed by atoms with Gasteiger partial charge in [-0.1, -0.05) is 32.6 Å². The summed E-state index contributed by atoms with van der Waals surface area (Å²) >= 11 is 0. The molecule has 0 aliphatic heterocycles. The van der Waals surface area contributed by atoms with Gasteiger partial charge in [-0.25, -0.2) is 0 Å². The minimum atomic E-state index is -0.510. The Bertz CT molecular complexity index is 167. The number of nitrogens with one attached hydrogen (secondary N) is 1. The van der Waals surface area contributed by atoms with Crippen LogP contribution in [0.4, 0.5) is 0 Å². The van der Waals surface area contributed by atoms with E-state index < -0.39 is 5.60 Å². The van der Waals surface area contributed by atoms with E-state index in [1.54, 1.807) is 0 Å². The standard InChI is InChI=1S/C12H25NO2/c1-2-6-11(14)9-13-10-12(15)7-4-3-5-8-12/h11,13-15H,2-10H2,1H3. The topological polar surface area (TPSA) is 52.5 Å². The van der Waals surface area contributed by atoms with Crippen molar-refractivity contribution >= 4 is 0 Å². The molecule has 0 aromatic heterocycles. The molecule has 0 spiro atoms. The van der Waals surface area contributed by atoms with Gasteiger partial charge in [0.1, 0.15) is 0 Å². The third-order valence-electron chi connectivity index (χ3n) is 3.24. The highest BCUT2D eigenvalue weighted by molar-refractivity contribution is 4.84. The molecule has 1 aliphatic carbocycles. The first-order chi connectivity index (χ1) is 7.16. The van der Waals surface area contributed by atoms with Crippen LogP contribution in [-0.2, 0) is 0 Å². The summed E-state index contributed by atoms with van der Waals surface area (Å²) in [5, 5.41) is 22.9. The monoisotopic (exact) mass is 215 g/mol. The molecular weight excluding hydrogens is 190 g/mol. The normalized spacial score (nSPS) is 22.6. The van der Waals surface area contributed by atoms with Crippen LogP contribution in [0.15, 0.2) is 0 Å². The second-order valence-corrected chi connectivity index (χ2v) is 4.86. The summed E-state index contributed by atoms with van der Waals surface area (Å²) in [6, 6.07) is 0. The van der Waals surface area contributed by atoms with E-state index >= 15 is 0 Å². The van der Waals surface area contributed by atoms with Crippen molar-refractivity contribution in [1.29, 1.82) is 0 Å². The van der Waals surface area contributed by atoms with Gasteiger partial charge in [0.25, 0.3) is 0 Å².